The van der Waals surface area contributed by atoms with E-state index in [4.69, 9.17) is 0 Å². The molecule has 1 atom stereocenters. The zero-order valence-corrected chi connectivity index (χ0v) is 15.3. The molecule has 1 aromatic rings. The van der Waals surface area contributed by atoms with Gasteiger partial charge in [-0.2, -0.15) is 4.31 Å². The lowest BCUT2D eigenvalue weighted by molar-refractivity contribution is -0.126. The summed E-state index contributed by atoms with van der Waals surface area (Å²) in [5.74, 6) is -0.311. The Morgan fingerprint density at radius 2 is 1.92 bits per heavy atom. The number of aliphatic hydroxyl groups is 1. The molecule has 7 heteroatoms. The Morgan fingerprint density at radius 3 is 2.46 bits per heavy atom. The lowest BCUT2D eigenvalue weighted by Gasteiger charge is -2.30. The van der Waals surface area contributed by atoms with E-state index >= 15 is 0 Å². The molecule has 2 N–H and O–H groups in total. The van der Waals surface area contributed by atoms with E-state index in [9.17, 15) is 18.3 Å². The minimum absolute atomic E-state index is 0.112. The van der Waals surface area contributed by atoms with Crippen LogP contribution in [0.2, 0.25) is 0 Å². The van der Waals surface area contributed by atoms with Gasteiger partial charge in [0.05, 0.1) is 11.0 Å². The topological polar surface area (TPSA) is 86.7 Å². The van der Waals surface area contributed by atoms with Crippen molar-refractivity contribution in [3.8, 4) is 0 Å². The first-order chi connectivity index (χ1) is 11.2. The maximum Gasteiger partial charge on any atom is 0.243 e. The van der Waals surface area contributed by atoms with Crippen molar-refractivity contribution in [1.82, 2.24) is 9.62 Å². The van der Waals surface area contributed by atoms with Crippen LogP contribution in [-0.2, 0) is 14.8 Å². The molecule has 1 aliphatic rings. The van der Waals surface area contributed by atoms with Gasteiger partial charge in [0.2, 0.25) is 15.9 Å². The van der Waals surface area contributed by atoms with E-state index in [1.54, 1.807) is 19.1 Å². The first kappa shape index (κ1) is 18.9. The van der Waals surface area contributed by atoms with Crippen LogP contribution in [0.3, 0.4) is 0 Å². The number of sulfonamides is 1. The molecule has 0 aliphatic carbocycles. The molecule has 0 saturated carbocycles. The highest BCUT2D eigenvalue weighted by atomic mass is 32.2. The van der Waals surface area contributed by atoms with Crippen LogP contribution < -0.4 is 5.32 Å². The number of aliphatic hydroxyl groups excluding tert-OH is 1. The maximum atomic E-state index is 12.7. The molecule has 24 heavy (non-hydrogen) atoms. The Kier molecular flexibility index (Phi) is 6.01. The van der Waals surface area contributed by atoms with Gasteiger partial charge in [0, 0.05) is 25.6 Å². The first-order valence-electron chi connectivity index (χ1n) is 8.25. The molecule has 1 unspecified atom stereocenters. The van der Waals surface area contributed by atoms with E-state index < -0.39 is 16.1 Å². The summed E-state index contributed by atoms with van der Waals surface area (Å²) in [7, 11) is -3.51. The second-order valence-electron chi connectivity index (χ2n) is 6.52. The van der Waals surface area contributed by atoms with Gasteiger partial charge in [0.25, 0.3) is 0 Å². The van der Waals surface area contributed by atoms with Gasteiger partial charge in [-0.05, 0) is 56.9 Å². The van der Waals surface area contributed by atoms with Gasteiger partial charge in [0.1, 0.15) is 0 Å². The largest absolute Gasteiger partial charge is 0.392 e. The molecule has 1 fully saturated rings. The van der Waals surface area contributed by atoms with Crippen molar-refractivity contribution >= 4 is 15.9 Å². The minimum Gasteiger partial charge on any atom is -0.392 e. The molecule has 6 nitrogen and oxygen atoms in total. The molecule has 0 radical (unpaired) electrons. The summed E-state index contributed by atoms with van der Waals surface area (Å²) < 4.78 is 26.9. The van der Waals surface area contributed by atoms with Crippen molar-refractivity contribution in [3.63, 3.8) is 0 Å². The molecule has 1 amide bonds. The molecular weight excluding hydrogens is 328 g/mol. The average Bonchev–Trinajstić information content (AvgIpc) is 2.55. The Balaban J connectivity index is 2.00. The minimum atomic E-state index is -3.51. The highest BCUT2D eigenvalue weighted by Gasteiger charge is 2.32. The van der Waals surface area contributed by atoms with E-state index in [0.29, 0.717) is 30.8 Å². The summed E-state index contributed by atoms with van der Waals surface area (Å²) in [6, 6.07) is 5.16. The molecule has 1 aromatic carbocycles. The molecule has 134 valence electrons. The average molecular weight is 354 g/mol. The predicted molar refractivity (Wildman–Crippen MR) is 92.1 cm³/mol. The number of hydrogen-bond donors (Lipinski definition) is 2. The van der Waals surface area contributed by atoms with E-state index in [0.717, 1.165) is 11.1 Å². The second-order valence-corrected chi connectivity index (χ2v) is 8.46. The highest BCUT2D eigenvalue weighted by molar-refractivity contribution is 7.89. The van der Waals surface area contributed by atoms with E-state index in [1.807, 2.05) is 19.9 Å². The van der Waals surface area contributed by atoms with Crippen LogP contribution in [-0.4, -0.2) is 49.5 Å². The number of aryl methyl sites for hydroxylation is 2. The maximum absolute atomic E-state index is 12.7. The molecule has 0 spiro atoms. The lowest BCUT2D eigenvalue weighted by Crippen LogP contribution is -2.44. The first-order valence-corrected chi connectivity index (χ1v) is 9.69. The van der Waals surface area contributed by atoms with Crippen molar-refractivity contribution < 1.29 is 18.3 Å². The van der Waals surface area contributed by atoms with Crippen LogP contribution in [0, 0.1) is 19.8 Å². The van der Waals surface area contributed by atoms with Crippen molar-refractivity contribution in [2.75, 3.05) is 19.6 Å². The van der Waals surface area contributed by atoms with Crippen molar-refractivity contribution in [2.45, 2.75) is 44.6 Å². The van der Waals surface area contributed by atoms with Gasteiger partial charge in [-0.1, -0.05) is 6.07 Å². The van der Waals surface area contributed by atoms with Crippen molar-refractivity contribution in [1.29, 1.82) is 0 Å². The summed E-state index contributed by atoms with van der Waals surface area (Å²) in [5.41, 5.74) is 2.01. The zero-order chi connectivity index (χ0) is 17.9. The van der Waals surface area contributed by atoms with Crippen LogP contribution in [0.25, 0.3) is 0 Å². The summed E-state index contributed by atoms with van der Waals surface area (Å²) >= 11 is 0. The number of carbonyl (C=O) groups is 1. The number of hydrogen-bond acceptors (Lipinski definition) is 4. The normalized spacial score (nSPS) is 18.3. The molecule has 1 heterocycles. The number of carbonyl (C=O) groups excluding carboxylic acids is 1. The van der Waals surface area contributed by atoms with E-state index in [1.165, 1.54) is 4.31 Å². The number of benzene rings is 1. The van der Waals surface area contributed by atoms with Crippen molar-refractivity contribution in [3.05, 3.63) is 29.3 Å². The van der Waals surface area contributed by atoms with Gasteiger partial charge in [-0.3, -0.25) is 4.79 Å². The molecule has 1 aliphatic heterocycles. The smallest absolute Gasteiger partial charge is 0.243 e. The lowest BCUT2D eigenvalue weighted by atomic mass is 9.97. The molecule has 0 aromatic heterocycles. The fourth-order valence-corrected chi connectivity index (χ4v) is 4.33. The predicted octanol–water partition coefficient (Wildman–Crippen LogP) is 1.20. The van der Waals surface area contributed by atoms with Crippen LogP contribution in [0.4, 0.5) is 0 Å². The summed E-state index contributed by atoms with van der Waals surface area (Å²) in [5, 5.41) is 11.9. The third-order valence-corrected chi connectivity index (χ3v) is 6.41. The SMILES string of the molecule is Cc1ccc(S(=O)(=O)N2CCC(C(=O)NCC(C)O)CC2)cc1C. The monoisotopic (exact) mass is 354 g/mol. The third-order valence-electron chi connectivity index (χ3n) is 4.51. The number of nitrogens with one attached hydrogen (secondary N) is 1. The summed E-state index contributed by atoms with van der Waals surface area (Å²) in [6.07, 6.45) is 0.407. The van der Waals surface area contributed by atoms with E-state index in [-0.39, 0.29) is 18.4 Å². The Hall–Kier alpha value is -1.44. The van der Waals surface area contributed by atoms with Gasteiger partial charge in [0.15, 0.2) is 0 Å². The van der Waals surface area contributed by atoms with Gasteiger partial charge < -0.3 is 10.4 Å². The zero-order valence-electron chi connectivity index (χ0n) is 14.4. The van der Waals surface area contributed by atoms with Crippen LogP contribution in [0.15, 0.2) is 23.1 Å². The molecular formula is C17H26N2O4S. The van der Waals surface area contributed by atoms with E-state index in [2.05, 4.69) is 5.32 Å². The van der Waals surface area contributed by atoms with Crippen LogP contribution in [0.5, 0.6) is 0 Å². The number of nitrogens with zero attached hydrogens (tertiary/aromatic N) is 1. The highest BCUT2D eigenvalue weighted by Crippen LogP contribution is 2.25. The standard InChI is InChI=1S/C17H26N2O4S/c1-12-4-5-16(10-13(12)2)24(22,23)19-8-6-15(7-9-19)17(21)18-11-14(3)20/h4-5,10,14-15,20H,6-9,11H2,1-3H3,(H,18,21). The number of rotatable bonds is 5. The third kappa shape index (κ3) is 4.34. The Bertz CT molecular complexity index is 693. The van der Waals surface area contributed by atoms with Gasteiger partial charge in [-0.15, -0.1) is 0 Å². The summed E-state index contributed by atoms with van der Waals surface area (Å²) in [4.78, 5) is 12.3. The fourth-order valence-electron chi connectivity index (χ4n) is 2.77. The van der Waals surface area contributed by atoms with Gasteiger partial charge in [-0.25, -0.2) is 8.42 Å². The quantitative estimate of drug-likeness (QED) is 0.832. The summed E-state index contributed by atoms with van der Waals surface area (Å²) in [6.45, 7) is 6.35. The van der Waals surface area contributed by atoms with Crippen molar-refractivity contribution in [2.24, 2.45) is 5.92 Å². The van der Waals surface area contributed by atoms with Gasteiger partial charge >= 0.3 is 0 Å². The molecule has 0 bridgehead atoms. The second kappa shape index (κ2) is 7.63. The Morgan fingerprint density at radius 1 is 1.29 bits per heavy atom. The molecule has 2 rings (SSSR count). The van der Waals surface area contributed by atoms with Crippen LogP contribution in [0.1, 0.15) is 30.9 Å². The number of amides is 1. The number of piperidine rings is 1. The van der Waals surface area contributed by atoms with Crippen LogP contribution >= 0.6 is 0 Å². The Labute approximate surface area is 143 Å². The fraction of sp³-hybridized carbons (Fsp3) is 0.588. The molecule has 1 saturated heterocycles.